The molecule has 0 saturated carbocycles. The first-order valence-corrected chi connectivity index (χ1v) is 9.86. The van der Waals surface area contributed by atoms with Crippen molar-refractivity contribution in [2.75, 3.05) is 20.8 Å². The third-order valence-electron chi connectivity index (χ3n) is 5.87. The minimum Gasteiger partial charge on any atom is -0.496 e. The molecule has 0 bridgehead atoms. The third-order valence-corrected chi connectivity index (χ3v) is 5.87. The Bertz CT molecular complexity index is 1130. The maximum Gasteiger partial charge on any atom is 0.338 e. The molecule has 0 amide bonds. The first-order chi connectivity index (χ1) is 14.9. The summed E-state index contributed by atoms with van der Waals surface area (Å²) >= 11 is 0. The van der Waals surface area contributed by atoms with Crippen molar-refractivity contribution >= 4 is 17.5 Å². The van der Waals surface area contributed by atoms with Crippen molar-refractivity contribution in [1.82, 2.24) is 0 Å². The fourth-order valence-electron chi connectivity index (χ4n) is 4.44. The largest absolute Gasteiger partial charge is 0.496 e. The van der Waals surface area contributed by atoms with Crippen molar-refractivity contribution < 1.29 is 33.7 Å². The van der Waals surface area contributed by atoms with Gasteiger partial charge in [-0.2, -0.15) is 0 Å². The van der Waals surface area contributed by atoms with Gasteiger partial charge in [-0.15, -0.1) is 0 Å². The number of carbonyl (C=O) groups excluding carboxylic acids is 3. The first kappa shape index (κ1) is 20.8. The molecule has 7 heteroatoms. The molecule has 0 aliphatic heterocycles. The number of methoxy groups -OCH3 is 2. The molecular weight excluding hydrogens is 400 g/mol. The van der Waals surface area contributed by atoms with Crippen molar-refractivity contribution in [3.8, 4) is 11.5 Å². The fourth-order valence-corrected chi connectivity index (χ4v) is 4.44. The minimum absolute atomic E-state index is 0.0254. The molecule has 1 N–H and O–H groups in total. The van der Waals surface area contributed by atoms with Gasteiger partial charge < -0.3 is 19.3 Å². The van der Waals surface area contributed by atoms with E-state index in [0.29, 0.717) is 16.7 Å². The molecule has 0 heterocycles. The van der Waals surface area contributed by atoms with Crippen LogP contribution in [0.5, 0.6) is 11.5 Å². The monoisotopic (exact) mass is 422 g/mol. The Morgan fingerprint density at radius 1 is 1.06 bits per heavy atom. The summed E-state index contributed by atoms with van der Waals surface area (Å²) in [6.45, 7) is 3.48. The van der Waals surface area contributed by atoms with E-state index >= 15 is 0 Å². The highest BCUT2D eigenvalue weighted by Gasteiger charge is 2.46. The van der Waals surface area contributed by atoms with E-state index in [2.05, 4.69) is 6.58 Å². The van der Waals surface area contributed by atoms with Crippen molar-refractivity contribution in [2.24, 2.45) is 0 Å². The quantitative estimate of drug-likeness (QED) is 0.498. The van der Waals surface area contributed by atoms with Gasteiger partial charge in [0, 0.05) is 28.7 Å². The second kappa shape index (κ2) is 7.67. The number of ketones is 2. The second-order valence-electron chi connectivity index (χ2n) is 7.57. The summed E-state index contributed by atoms with van der Waals surface area (Å²) < 4.78 is 16.3. The van der Waals surface area contributed by atoms with Crippen LogP contribution in [-0.2, 0) is 22.4 Å². The van der Waals surface area contributed by atoms with Gasteiger partial charge in [0.05, 0.1) is 25.3 Å². The number of rotatable bonds is 5. The second-order valence-corrected chi connectivity index (χ2v) is 7.57. The number of esters is 1. The van der Waals surface area contributed by atoms with Crippen LogP contribution in [0, 0.1) is 0 Å². The highest BCUT2D eigenvalue weighted by Crippen LogP contribution is 2.48. The number of carbonyl (C=O) groups is 3. The minimum atomic E-state index is -1.79. The van der Waals surface area contributed by atoms with Crippen LogP contribution in [0.2, 0.25) is 0 Å². The van der Waals surface area contributed by atoms with E-state index in [4.69, 9.17) is 14.2 Å². The number of hydrogen-bond acceptors (Lipinski definition) is 7. The van der Waals surface area contributed by atoms with E-state index in [-0.39, 0.29) is 65.6 Å². The summed E-state index contributed by atoms with van der Waals surface area (Å²) in [5, 5.41) is 11.0. The average Bonchev–Trinajstić information content (AvgIpc) is 2.79. The lowest BCUT2D eigenvalue weighted by Crippen LogP contribution is -2.45. The van der Waals surface area contributed by atoms with Crippen molar-refractivity contribution in [2.45, 2.75) is 24.9 Å². The summed E-state index contributed by atoms with van der Waals surface area (Å²) in [6.07, 6.45) is 1.60. The van der Waals surface area contributed by atoms with Crippen LogP contribution in [0.25, 0.3) is 0 Å². The van der Waals surface area contributed by atoms with Gasteiger partial charge in [-0.1, -0.05) is 36.9 Å². The highest BCUT2D eigenvalue weighted by atomic mass is 16.5. The summed E-state index contributed by atoms with van der Waals surface area (Å²) in [6, 6.07) is 6.59. The molecule has 0 spiro atoms. The molecule has 0 saturated heterocycles. The summed E-state index contributed by atoms with van der Waals surface area (Å²) in [7, 11) is 2.82. The molecule has 1 unspecified atom stereocenters. The molecule has 0 aromatic heterocycles. The molecule has 0 radical (unpaired) electrons. The predicted octanol–water partition coefficient (Wildman–Crippen LogP) is 2.43. The molecule has 7 nitrogen and oxygen atoms in total. The van der Waals surface area contributed by atoms with Gasteiger partial charge >= 0.3 is 5.97 Å². The Hall–Kier alpha value is -3.45. The summed E-state index contributed by atoms with van der Waals surface area (Å²) in [5.74, 6) is -1.01. The van der Waals surface area contributed by atoms with Gasteiger partial charge in [0.1, 0.15) is 18.1 Å². The lowest BCUT2D eigenvalue weighted by Gasteiger charge is -2.35. The lowest BCUT2D eigenvalue weighted by atomic mass is 9.74. The van der Waals surface area contributed by atoms with Crippen molar-refractivity contribution in [3.05, 3.63) is 70.3 Å². The third kappa shape index (κ3) is 3.04. The zero-order chi connectivity index (χ0) is 22.3. The normalized spacial score (nSPS) is 19.1. The van der Waals surface area contributed by atoms with Gasteiger partial charge in [0.15, 0.2) is 17.2 Å². The summed E-state index contributed by atoms with van der Waals surface area (Å²) in [5.41, 5.74) is 0.134. The maximum absolute atomic E-state index is 13.4. The highest BCUT2D eigenvalue weighted by molar-refractivity contribution is 6.30. The smallest absolute Gasteiger partial charge is 0.338 e. The SMILES string of the molecule is C=CCOC(=O)C1(O)CCc2c(c(OC)c3c(c2OC)C(=O)c2ccccc2C3=O)C1. The number of ether oxygens (including phenoxy) is 3. The van der Waals surface area contributed by atoms with Crippen LogP contribution in [0.4, 0.5) is 0 Å². The molecule has 160 valence electrons. The fraction of sp³-hybridized carbons (Fsp3) is 0.292. The Balaban J connectivity index is 1.93. The number of aliphatic hydroxyl groups is 1. The zero-order valence-corrected chi connectivity index (χ0v) is 17.3. The average molecular weight is 422 g/mol. The van der Waals surface area contributed by atoms with Crippen LogP contribution in [0.15, 0.2) is 36.9 Å². The van der Waals surface area contributed by atoms with Gasteiger partial charge in [-0.3, -0.25) is 9.59 Å². The molecule has 31 heavy (non-hydrogen) atoms. The lowest BCUT2D eigenvalue weighted by molar-refractivity contribution is -0.165. The Morgan fingerprint density at radius 3 is 2.13 bits per heavy atom. The number of fused-ring (bicyclic) bond motifs is 3. The van der Waals surface area contributed by atoms with E-state index in [1.54, 1.807) is 24.3 Å². The van der Waals surface area contributed by atoms with E-state index in [0.717, 1.165) is 0 Å². The van der Waals surface area contributed by atoms with Crippen LogP contribution < -0.4 is 9.47 Å². The van der Waals surface area contributed by atoms with Gasteiger partial charge in [0.2, 0.25) is 0 Å². The molecule has 1 atom stereocenters. The van der Waals surface area contributed by atoms with Crippen LogP contribution in [0.3, 0.4) is 0 Å². The van der Waals surface area contributed by atoms with E-state index in [1.807, 2.05) is 0 Å². The Kier molecular flexibility index (Phi) is 5.15. The maximum atomic E-state index is 13.4. The van der Waals surface area contributed by atoms with E-state index < -0.39 is 11.6 Å². The molecule has 2 aromatic carbocycles. The standard InChI is InChI=1S/C24H22O7/c1-4-11-31-23(27)24(28)10-9-15-16(12-24)22(30-3)18-17(21(15)29-2)19(25)13-7-5-6-8-14(13)20(18)26/h4-8,28H,1,9-12H2,2-3H3. The molecule has 2 aromatic rings. The number of benzene rings is 2. The Labute approximate surface area is 179 Å². The Morgan fingerprint density at radius 2 is 1.61 bits per heavy atom. The van der Waals surface area contributed by atoms with E-state index in [1.165, 1.54) is 20.3 Å². The van der Waals surface area contributed by atoms with Gasteiger partial charge in [-0.25, -0.2) is 4.79 Å². The van der Waals surface area contributed by atoms with E-state index in [9.17, 15) is 19.5 Å². The first-order valence-electron chi connectivity index (χ1n) is 9.86. The molecular formula is C24H22O7. The predicted molar refractivity (Wildman–Crippen MR) is 111 cm³/mol. The van der Waals surface area contributed by atoms with Gasteiger partial charge in [0.25, 0.3) is 0 Å². The summed E-state index contributed by atoms with van der Waals surface area (Å²) in [4.78, 5) is 39.2. The molecule has 4 rings (SSSR count). The van der Waals surface area contributed by atoms with Gasteiger partial charge in [-0.05, 0) is 12.8 Å². The van der Waals surface area contributed by atoms with Crippen LogP contribution in [-0.4, -0.2) is 49.1 Å². The molecule has 0 fully saturated rings. The van der Waals surface area contributed by atoms with Crippen LogP contribution in [0.1, 0.15) is 49.4 Å². The number of hydrogen-bond donors (Lipinski definition) is 1. The van der Waals surface area contributed by atoms with Crippen LogP contribution >= 0.6 is 0 Å². The molecule has 2 aliphatic carbocycles. The zero-order valence-electron chi connectivity index (χ0n) is 17.3. The topological polar surface area (TPSA) is 99.1 Å². The molecule has 2 aliphatic rings. The van der Waals surface area contributed by atoms with Crippen molar-refractivity contribution in [3.63, 3.8) is 0 Å². The van der Waals surface area contributed by atoms with Crippen molar-refractivity contribution in [1.29, 1.82) is 0 Å².